The molecule has 0 N–H and O–H groups in total. The van der Waals surface area contributed by atoms with Crippen LogP contribution < -0.4 is 4.67 Å². The number of ether oxygens (including phenoxy) is 4. The lowest BCUT2D eigenvalue weighted by molar-refractivity contribution is -0.188. The Morgan fingerprint density at radius 2 is 1.65 bits per heavy atom. The first-order chi connectivity index (χ1) is 17.7. The minimum Gasteiger partial charge on any atom is -0.425 e. The van der Waals surface area contributed by atoms with E-state index in [0.29, 0.717) is 24.8 Å². The molecule has 0 aliphatic carbocycles. The first-order valence-electron chi connectivity index (χ1n) is 12.1. The molecule has 1 aliphatic heterocycles. The van der Waals surface area contributed by atoms with Crippen molar-refractivity contribution in [2.24, 2.45) is 0 Å². The Kier molecular flexibility index (Phi) is 10.5. The molecule has 4 unspecified atom stereocenters. The lowest BCUT2D eigenvalue weighted by Gasteiger charge is -2.38. The normalized spacial score (nSPS) is 21.5. The van der Waals surface area contributed by atoms with Crippen LogP contribution in [-0.2, 0) is 37.0 Å². The monoisotopic (exact) mass is 527 g/mol. The van der Waals surface area contributed by atoms with Gasteiger partial charge >= 0.3 is 11.3 Å². The minimum atomic E-state index is -0.867. The molecule has 3 rings (SSSR count). The number of benzene rings is 2. The van der Waals surface area contributed by atoms with E-state index in [2.05, 4.69) is 11.4 Å². The molecular formula is C28H35N2O6S+. The van der Waals surface area contributed by atoms with E-state index in [9.17, 15) is 9.59 Å². The second kappa shape index (κ2) is 13.6. The van der Waals surface area contributed by atoms with E-state index in [-0.39, 0.29) is 0 Å². The SMILES string of the molecule is C=[N+]=C(SC1CC(OCc2ccccc2)C(OCc2ccccc2)C(C=O)O1)N(C)C(=O)OC(C)(C)C. The average Bonchev–Trinajstić information content (AvgIpc) is 2.89. The molecule has 37 heavy (non-hydrogen) atoms. The third kappa shape index (κ3) is 8.84. The van der Waals surface area contributed by atoms with E-state index in [1.807, 2.05) is 60.7 Å². The van der Waals surface area contributed by atoms with Crippen molar-refractivity contribution in [1.29, 1.82) is 0 Å². The summed E-state index contributed by atoms with van der Waals surface area (Å²) < 4.78 is 28.0. The highest BCUT2D eigenvalue weighted by molar-refractivity contribution is 8.14. The number of rotatable bonds is 8. The Hall–Kier alpha value is -2.94. The molecule has 0 aromatic heterocycles. The van der Waals surface area contributed by atoms with Crippen LogP contribution in [0.4, 0.5) is 4.79 Å². The Balaban J connectivity index is 1.74. The highest BCUT2D eigenvalue weighted by Crippen LogP contribution is 2.32. The van der Waals surface area contributed by atoms with Crippen LogP contribution in [0.25, 0.3) is 0 Å². The maximum absolute atomic E-state index is 12.6. The van der Waals surface area contributed by atoms with Gasteiger partial charge in [0.25, 0.3) is 0 Å². The highest BCUT2D eigenvalue weighted by Gasteiger charge is 2.43. The molecule has 8 nitrogen and oxygen atoms in total. The van der Waals surface area contributed by atoms with Crippen molar-refractivity contribution in [3.63, 3.8) is 0 Å². The molecule has 2 aromatic rings. The van der Waals surface area contributed by atoms with E-state index in [4.69, 9.17) is 18.9 Å². The fourth-order valence-corrected chi connectivity index (χ4v) is 4.70. The maximum Gasteiger partial charge on any atom is 0.508 e. The number of aldehydes is 1. The molecule has 1 aliphatic rings. The second-order valence-corrected chi connectivity index (χ2v) is 10.7. The van der Waals surface area contributed by atoms with Crippen molar-refractivity contribution in [3.05, 3.63) is 71.8 Å². The molecule has 4 atom stereocenters. The van der Waals surface area contributed by atoms with Gasteiger partial charge in [-0.2, -0.15) is 4.79 Å². The largest absolute Gasteiger partial charge is 0.508 e. The summed E-state index contributed by atoms with van der Waals surface area (Å²) in [4.78, 5) is 25.9. The quantitative estimate of drug-likeness (QED) is 0.220. The molecule has 1 saturated heterocycles. The van der Waals surface area contributed by atoms with Gasteiger partial charge in [0, 0.05) is 18.2 Å². The van der Waals surface area contributed by atoms with Crippen LogP contribution in [-0.4, -0.2) is 65.6 Å². The molecule has 9 heteroatoms. The lowest BCUT2D eigenvalue weighted by Crippen LogP contribution is -2.51. The van der Waals surface area contributed by atoms with E-state index in [1.165, 1.54) is 16.7 Å². The van der Waals surface area contributed by atoms with Crippen molar-refractivity contribution in [2.75, 3.05) is 7.05 Å². The zero-order valence-corrected chi connectivity index (χ0v) is 22.6. The van der Waals surface area contributed by atoms with Gasteiger partial charge in [-0.25, -0.2) is 4.67 Å². The summed E-state index contributed by atoms with van der Waals surface area (Å²) in [5, 5.41) is 0.300. The molecule has 1 amide bonds. The minimum absolute atomic E-state index is 0.300. The third-order valence-electron chi connectivity index (χ3n) is 5.48. The van der Waals surface area contributed by atoms with E-state index >= 15 is 0 Å². The number of amides is 1. The first kappa shape index (κ1) is 28.6. The van der Waals surface area contributed by atoms with Gasteiger partial charge in [-0.05, 0) is 31.9 Å². The van der Waals surface area contributed by atoms with Crippen molar-refractivity contribution in [3.8, 4) is 0 Å². The second-order valence-electron chi connectivity index (χ2n) is 9.60. The summed E-state index contributed by atoms with van der Waals surface area (Å²) in [7, 11) is 1.56. The van der Waals surface area contributed by atoms with Crippen molar-refractivity contribution in [2.45, 2.75) is 69.8 Å². The van der Waals surface area contributed by atoms with Gasteiger partial charge in [0.05, 0.1) is 26.4 Å². The molecule has 0 saturated carbocycles. The van der Waals surface area contributed by atoms with Crippen LogP contribution in [0.3, 0.4) is 0 Å². The van der Waals surface area contributed by atoms with Crippen molar-refractivity contribution in [1.82, 2.24) is 9.57 Å². The molecule has 0 radical (unpaired) electrons. The van der Waals surface area contributed by atoms with Crippen LogP contribution in [0.5, 0.6) is 0 Å². The third-order valence-corrected chi connectivity index (χ3v) is 6.66. The molecule has 198 valence electrons. The number of carbonyl (C=O) groups excluding carboxylic acids is 2. The van der Waals surface area contributed by atoms with Gasteiger partial charge in [-0.3, -0.25) is 0 Å². The predicted molar refractivity (Wildman–Crippen MR) is 145 cm³/mol. The lowest BCUT2D eigenvalue weighted by atomic mass is 10.0. The van der Waals surface area contributed by atoms with Gasteiger partial charge < -0.3 is 23.7 Å². The summed E-state index contributed by atoms with van der Waals surface area (Å²) in [5.41, 5.74) is 0.799. The summed E-state index contributed by atoms with van der Waals surface area (Å²) in [6.07, 6.45) is -1.34. The number of nitrogens with zero attached hydrogens (tertiary/aromatic N) is 2. The summed E-state index contributed by atoms with van der Waals surface area (Å²) >= 11 is 1.19. The van der Waals surface area contributed by atoms with Gasteiger partial charge in [0.1, 0.15) is 23.2 Å². The zero-order chi connectivity index (χ0) is 26.8. The van der Waals surface area contributed by atoms with Gasteiger partial charge in [0.15, 0.2) is 13.0 Å². The van der Waals surface area contributed by atoms with Crippen LogP contribution >= 0.6 is 11.8 Å². The average molecular weight is 528 g/mol. The van der Waals surface area contributed by atoms with Crippen LogP contribution in [0.2, 0.25) is 0 Å². The Morgan fingerprint density at radius 1 is 1.08 bits per heavy atom. The zero-order valence-electron chi connectivity index (χ0n) is 21.7. The molecule has 0 bridgehead atoms. The van der Waals surface area contributed by atoms with E-state index in [1.54, 1.807) is 27.8 Å². The number of hydrogen-bond donors (Lipinski definition) is 0. The number of carbonyl (C=O) groups is 2. The summed E-state index contributed by atoms with van der Waals surface area (Å²) in [5.74, 6) is 0. The smallest absolute Gasteiger partial charge is 0.425 e. The Morgan fingerprint density at radius 3 is 2.16 bits per heavy atom. The fraction of sp³-hybridized carbons (Fsp3) is 0.429. The number of hydrogen-bond acceptors (Lipinski definition) is 7. The highest BCUT2D eigenvalue weighted by atomic mass is 32.2. The summed E-state index contributed by atoms with van der Waals surface area (Å²) in [6.45, 7) is 9.63. The standard InChI is InChI=1S/C28H35N2O6S/c1-28(2,3)36-27(32)30(5)26(29-4)37-24-16-22(33-18-20-12-8-6-9-13-20)25(23(17-31)35-24)34-19-21-14-10-7-11-15-21/h6-15,17,22-25H,4,16,18-19H2,1-3,5H3/q+1. The van der Waals surface area contributed by atoms with E-state index < -0.39 is 35.4 Å². The van der Waals surface area contributed by atoms with Crippen LogP contribution in [0.15, 0.2) is 60.7 Å². The van der Waals surface area contributed by atoms with Crippen molar-refractivity contribution >= 4 is 36.0 Å². The molecular weight excluding hydrogens is 492 g/mol. The van der Waals surface area contributed by atoms with Crippen molar-refractivity contribution < 1.29 is 28.5 Å². The van der Waals surface area contributed by atoms with Gasteiger partial charge in [-0.1, -0.05) is 60.7 Å². The Labute approximate surface area is 222 Å². The fourth-order valence-electron chi connectivity index (χ4n) is 3.69. The molecule has 1 heterocycles. The molecule has 2 aromatic carbocycles. The Bertz CT molecular complexity index is 1070. The molecule has 0 spiro atoms. The molecule has 1 fully saturated rings. The van der Waals surface area contributed by atoms with E-state index in [0.717, 1.165) is 17.4 Å². The van der Waals surface area contributed by atoms with Gasteiger partial charge in [0.2, 0.25) is 0 Å². The number of amidine groups is 1. The predicted octanol–water partition coefficient (Wildman–Crippen LogP) is 4.20. The number of thioether (sulfide) groups is 1. The summed E-state index contributed by atoms with van der Waals surface area (Å²) in [6, 6.07) is 19.5. The van der Waals surface area contributed by atoms with Crippen LogP contribution in [0.1, 0.15) is 38.3 Å². The van der Waals surface area contributed by atoms with Gasteiger partial charge in [-0.15, -0.1) is 4.90 Å². The first-order valence-corrected chi connectivity index (χ1v) is 13.0. The van der Waals surface area contributed by atoms with Crippen LogP contribution in [0, 0.1) is 0 Å². The topological polar surface area (TPSA) is 88.4 Å². The maximum atomic E-state index is 12.6.